The molecule has 4 rings (SSSR count). The largest absolute Gasteiger partial charge is 0.447 e. The van der Waals surface area contributed by atoms with Gasteiger partial charge in [0.25, 0.3) is 5.91 Å². The summed E-state index contributed by atoms with van der Waals surface area (Å²) in [6.45, 7) is 5.03. The van der Waals surface area contributed by atoms with Gasteiger partial charge in [-0.25, -0.2) is 19.6 Å². The van der Waals surface area contributed by atoms with Gasteiger partial charge >= 0.3 is 5.97 Å². The molecule has 0 saturated carbocycles. The van der Waals surface area contributed by atoms with Gasteiger partial charge in [-0.2, -0.15) is 5.10 Å². The molecule has 2 aromatic heterocycles. The molecule has 0 bridgehead atoms. The number of hydrogen-bond donors (Lipinski definition) is 1. The third kappa shape index (κ3) is 5.75. The first-order valence-corrected chi connectivity index (χ1v) is 11.8. The number of amides is 1. The third-order valence-corrected chi connectivity index (χ3v) is 5.62. The highest BCUT2D eigenvalue weighted by Gasteiger charge is 2.25. The van der Waals surface area contributed by atoms with Crippen molar-refractivity contribution in [2.45, 2.75) is 26.9 Å². The Hall–Kier alpha value is -4.31. The highest BCUT2D eigenvalue weighted by atomic mass is 35.5. The molecule has 0 aliphatic carbocycles. The number of nitrogens with one attached hydrogen (secondary N) is 1. The molecule has 0 saturated heterocycles. The van der Waals surface area contributed by atoms with Crippen LogP contribution in [0.1, 0.15) is 29.8 Å². The average Bonchev–Trinajstić information content (AvgIpc) is 3.18. The molecule has 10 nitrogen and oxygen atoms in total. The zero-order chi connectivity index (χ0) is 26.7. The molecular weight excluding hydrogens is 494 g/mol. The van der Waals surface area contributed by atoms with E-state index in [9.17, 15) is 9.59 Å². The number of benzene rings is 2. The third-order valence-electron chi connectivity index (χ3n) is 5.38. The van der Waals surface area contributed by atoms with Crippen molar-refractivity contribution >= 4 is 52.4 Å². The molecular formula is C26H26ClN7O3. The number of halogens is 1. The molecule has 11 heteroatoms. The van der Waals surface area contributed by atoms with Crippen LogP contribution in [-0.2, 0) is 14.3 Å². The molecule has 1 N–H and O–H groups in total. The summed E-state index contributed by atoms with van der Waals surface area (Å²) in [6.07, 6.45) is 1.98. The number of ether oxygens (including phenoxy) is 1. The van der Waals surface area contributed by atoms with Crippen molar-refractivity contribution in [1.29, 1.82) is 0 Å². The minimum Gasteiger partial charge on any atom is -0.447 e. The van der Waals surface area contributed by atoms with Crippen molar-refractivity contribution in [2.75, 3.05) is 19.4 Å². The number of aromatic nitrogens is 4. The van der Waals surface area contributed by atoms with Crippen LogP contribution in [0, 0.1) is 13.8 Å². The second-order valence-electron chi connectivity index (χ2n) is 8.63. The van der Waals surface area contributed by atoms with E-state index in [-0.39, 0.29) is 0 Å². The van der Waals surface area contributed by atoms with Crippen LogP contribution < -0.4 is 5.32 Å². The van der Waals surface area contributed by atoms with Gasteiger partial charge < -0.3 is 15.0 Å². The van der Waals surface area contributed by atoms with E-state index in [4.69, 9.17) is 16.3 Å². The van der Waals surface area contributed by atoms with E-state index in [1.165, 1.54) is 13.3 Å². The Labute approximate surface area is 219 Å². The number of fused-ring (bicyclic) bond motifs is 1. The van der Waals surface area contributed by atoms with Crippen molar-refractivity contribution < 1.29 is 14.3 Å². The van der Waals surface area contributed by atoms with Crippen LogP contribution in [0.15, 0.2) is 53.8 Å². The summed E-state index contributed by atoms with van der Waals surface area (Å²) in [4.78, 5) is 39.8. The second kappa shape index (κ2) is 10.8. The Balaban J connectivity index is 1.67. The fourth-order valence-electron chi connectivity index (χ4n) is 3.80. The summed E-state index contributed by atoms with van der Waals surface area (Å²) in [5.41, 5.74) is 4.72. The fourth-order valence-corrected chi connectivity index (χ4v) is 4.00. The van der Waals surface area contributed by atoms with Crippen LogP contribution in [0.5, 0.6) is 0 Å². The quantitative estimate of drug-likeness (QED) is 0.216. The lowest BCUT2D eigenvalue weighted by molar-refractivity contribution is -0.152. The van der Waals surface area contributed by atoms with Gasteiger partial charge in [-0.15, -0.1) is 0 Å². The molecule has 1 amide bonds. The van der Waals surface area contributed by atoms with E-state index in [2.05, 4.69) is 25.4 Å². The Morgan fingerprint density at radius 3 is 2.62 bits per heavy atom. The van der Waals surface area contributed by atoms with Crippen molar-refractivity contribution in [2.24, 2.45) is 4.99 Å². The SMILES string of the molecule is CC(=O)OC(C(=O)Nc1ccc(-n2nc(C)c3ncnc(N=CN(C)C)c32)c(C)c1)c1cccc(Cl)c1. The number of aryl methyl sites for hydroxylation is 2. The molecule has 1 unspecified atom stereocenters. The topological polar surface area (TPSA) is 115 Å². The molecule has 4 aromatic rings. The highest BCUT2D eigenvalue weighted by molar-refractivity contribution is 6.30. The van der Waals surface area contributed by atoms with Crippen molar-refractivity contribution in [3.8, 4) is 5.69 Å². The lowest BCUT2D eigenvalue weighted by atomic mass is 10.1. The lowest BCUT2D eigenvalue weighted by Gasteiger charge is -2.18. The zero-order valence-corrected chi connectivity index (χ0v) is 21.8. The molecule has 0 spiro atoms. The standard InChI is InChI=1S/C26H26ClN7O3/c1-15-11-20(31-26(36)24(37-17(3)35)18-7-6-8-19(27)12-18)9-10-21(15)34-23-22(16(2)32-34)28-13-29-25(23)30-14-33(4)5/h6-14,24H,1-5H3,(H,31,36). The maximum absolute atomic E-state index is 13.1. The summed E-state index contributed by atoms with van der Waals surface area (Å²) in [7, 11) is 3.75. The number of nitrogens with zero attached hydrogens (tertiary/aromatic N) is 6. The van der Waals surface area contributed by atoms with Gasteiger partial charge in [-0.1, -0.05) is 23.7 Å². The van der Waals surface area contributed by atoms with Crippen molar-refractivity contribution in [3.63, 3.8) is 0 Å². The predicted octanol–water partition coefficient (Wildman–Crippen LogP) is 4.55. The number of carbonyl (C=O) groups is 2. The van der Waals surface area contributed by atoms with Gasteiger partial charge in [-0.3, -0.25) is 9.59 Å². The molecule has 0 aliphatic heterocycles. The van der Waals surface area contributed by atoms with Crippen molar-refractivity contribution in [3.05, 3.63) is 70.6 Å². The maximum atomic E-state index is 13.1. The van der Waals surface area contributed by atoms with Gasteiger partial charge in [0, 0.05) is 37.3 Å². The first-order chi connectivity index (χ1) is 17.6. The first-order valence-electron chi connectivity index (χ1n) is 11.4. The van der Waals surface area contributed by atoms with Crippen LogP contribution >= 0.6 is 11.6 Å². The molecule has 0 radical (unpaired) electrons. The van der Waals surface area contributed by atoms with Crippen LogP contribution in [0.3, 0.4) is 0 Å². The van der Waals surface area contributed by atoms with E-state index >= 15 is 0 Å². The highest BCUT2D eigenvalue weighted by Crippen LogP contribution is 2.30. The maximum Gasteiger partial charge on any atom is 0.303 e. The van der Waals surface area contributed by atoms with Gasteiger partial charge in [0.1, 0.15) is 17.4 Å². The normalized spacial score (nSPS) is 12.1. The monoisotopic (exact) mass is 519 g/mol. The minimum atomic E-state index is -1.15. The Morgan fingerprint density at radius 2 is 1.95 bits per heavy atom. The van der Waals surface area contributed by atoms with E-state index < -0.39 is 18.0 Å². The Kier molecular flexibility index (Phi) is 7.49. The molecule has 37 heavy (non-hydrogen) atoms. The Morgan fingerprint density at radius 1 is 1.16 bits per heavy atom. The predicted molar refractivity (Wildman–Crippen MR) is 143 cm³/mol. The van der Waals surface area contributed by atoms with E-state index in [0.717, 1.165) is 16.9 Å². The number of hydrogen-bond acceptors (Lipinski definition) is 7. The van der Waals surface area contributed by atoms with Gasteiger partial charge in [0.2, 0.25) is 6.10 Å². The Bertz CT molecular complexity index is 1510. The number of esters is 1. The van der Waals surface area contributed by atoms with Crippen molar-refractivity contribution in [1.82, 2.24) is 24.6 Å². The van der Waals surface area contributed by atoms with Crippen LogP contribution in [0.4, 0.5) is 11.5 Å². The lowest BCUT2D eigenvalue weighted by Crippen LogP contribution is -2.25. The van der Waals surface area contributed by atoms with Crippen LogP contribution in [0.25, 0.3) is 16.7 Å². The minimum absolute atomic E-state index is 0.433. The number of carbonyl (C=O) groups excluding carboxylic acids is 2. The first kappa shape index (κ1) is 25.8. The summed E-state index contributed by atoms with van der Waals surface area (Å²) in [5.74, 6) is -0.594. The van der Waals surface area contributed by atoms with E-state index in [0.29, 0.717) is 33.1 Å². The zero-order valence-electron chi connectivity index (χ0n) is 21.1. The summed E-state index contributed by atoms with van der Waals surface area (Å²) in [6, 6.07) is 12.0. The van der Waals surface area contributed by atoms with Gasteiger partial charge in [-0.05, 0) is 49.7 Å². The van der Waals surface area contributed by atoms with Crippen LogP contribution in [0.2, 0.25) is 5.02 Å². The summed E-state index contributed by atoms with van der Waals surface area (Å²) >= 11 is 6.08. The molecule has 2 aromatic carbocycles. The smallest absolute Gasteiger partial charge is 0.303 e. The molecule has 2 heterocycles. The van der Waals surface area contributed by atoms with Gasteiger partial charge in [0.15, 0.2) is 5.82 Å². The average molecular weight is 520 g/mol. The molecule has 190 valence electrons. The van der Waals surface area contributed by atoms with Crippen LogP contribution in [-0.4, -0.2) is 57.0 Å². The van der Waals surface area contributed by atoms with Gasteiger partial charge in [0.05, 0.1) is 17.7 Å². The summed E-state index contributed by atoms with van der Waals surface area (Å²) in [5, 5.41) is 7.94. The number of rotatable bonds is 7. The molecule has 0 fully saturated rings. The second-order valence-corrected chi connectivity index (χ2v) is 9.07. The molecule has 1 atom stereocenters. The molecule has 0 aliphatic rings. The van der Waals surface area contributed by atoms with E-state index in [1.54, 1.807) is 41.4 Å². The summed E-state index contributed by atoms with van der Waals surface area (Å²) < 4.78 is 7.05. The number of anilines is 1. The fraction of sp³-hybridized carbons (Fsp3) is 0.231. The number of aliphatic imine (C=N–C) groups is 1. The van der Waals surface area contributed by atoms with E-state index in [1.807, 2.05) is 45.0 Å².